The number of fused-ring (bicyclic) bond motifs is 1. The molecule has 0 aliphatic carbocycles. The number of benzene rings is 1. The molecule has 2 atom stereocenters. The van der Waals surface area contributed by atoms with E-state index in [4.69, 9.17) is 9.47 Å². The topological polar surface area (TPSA) is 128 Å². The van der Waals surface area contributed by atoms with Crippen LogP contribution in [0.4, 0.5) is 10.1 Å². The van der Waals surface area contributed by atoms with Crippen LogP contribution in [-0.2, 0) is 11.2 Å². The van der Waals surface area contributed by atoms with E-state index in [1.54, 1.807) is 35.4 Å². The fourth-order valence-corrected chi connectivity index (χ4v) is 4.61. The van der Waals surface area contributed by atoms with Crippen molar-refractivity contribution in [3.63, 3.8) is 0 Å². The first-order valence-corrected chi connectivity index (χ1v) is 12.3. The molecule has 5 aromatic rings. The zero-order chi connectivity index (χ0) is 26.4. The van der Waals surface area contributed by atoms with E-state index in [-0.39, 0.29) is 29.8 Å². The first-order valence-electron chi connectivity index (χ1n) is 12.3. The maximum Gasteiger partial charge on any atom is 0.328 e. The van der Waals surface area contributed by atoms with Gasteiger partial charge in [0, 0.05) is 35.6 Å². The summed E-state index contributed by atoms with van der Waals surface area (Å²) in [5.74, 6) is -0.197. The van der Waals surface area contributed by atoms with E-state index in [1.165, 1.54) is 29.2 Å². The Morgan fingerprint density at radius 2 is 2.00 bits per heavy atom. The highest BCUT2D eigenvalue weighted by atomic mass is 19.1. The van der Waals surface area contributed by atoms with Crippen LogP contribution >= 0.6 is 0 Å². The number of aromatic amines is 1. The zero-order valence-electron chi connectivity index (χ0n) is 20.9. The van der Waals surface area contributed by atoms with Gasteiger partial charge in [-0.25, -0.2) is 28.8 Å². The molecule has 12 heteroatoms. The molecule has 0 amide bonds. The lowest BCUT2D eigenvalue weighted by Crippen LogP contribution is -2.18. The average molecular weight is 517 g/mol. The number of nitrogens with zero attached hydrogens (tertiary/aromatic N) is 6. The fourth-order valence-electron chi connectivity index (χ4n) is 4.61. The van der Waals surface area contributed by atoms with Gasteiger partial charge in [-0.2, -0.15) is 5.10 Å². The fraction of sp³-hybridized carbons (Fsp3) is 0.269. The molecule has 2 unspecified atom stereocenters. The molecule has 194 valence electrons. The van der Waals surface area contributed by atoms with Crippen LogP contribution in [0.3, 0.4) is 0 Å². The van der Waals surface area contributed by atoms with E-state index in [0.29, 0.717) is 22.6 Å². The number of nitrogens with one attached hydrogen (secondary N) is 2. The Hall–Kier alpha value is -4.58. The first-order chi connectivity index (χ1) is 18.4. The summed E-state index contributed by atoms with van der Waals surface area (Å²) in [5.41, 5.74) is 3.84. The van der Waals surface area contributed by atoms with Crippen molar-refractivity contribution < 1.29 is 13.9 Å². The van der Waals surface area contributed by atoms with E-state index >= 15 is 4.39 Å². The number of halogens is 1. The molecule has 0 saturated carbocycles. The first kappa shape index (κ1) is 23.8. The van der Waals surface area contributed by atoms with E-state index in [2.05, 4.69) is 30.4 Å². The van der Waals surface area contributed by atoms with Crippen LogP contribution in [0.1, 0.15) is 44.2 Å². The molecule has 2 N–H and O–H groups in total. The minimum absolute atomic E-state index is 0.0277. The van der Waals surface area contributed by atoms with Gasteiger partial charge in [-0.15, -0.1) is 0 Å². The molecule has 38 heavy (non-hydrogen) atoms. The molecule has 0 radical (unpaired) electrons. The van der Waals surface area contributed by atoms with E-state index in [9.17, 15) is 4.79 Å². The van der Waals surface area contributed by atoms with Crippen molar-refractivity contribution in [1.29, 1.82) is 0 Å². The van der Waals surface area contributed by atoms with Gasteiger partial charge in [0.1, 0.15) is 23.6 Å². The minimum atomic E-state index is -0.558. The van der Waals surface area contributed by atoms with E-state index in [1.807, 2.05) is 20.8 Å². The predicted octanol–water partition coefficient (Wildman–Crippen LogP) is 4.28. The van der Waals surface area contributed by atoms with Crippen LogP contribution in [0, 0.1) is 5.82 Å². The third-order valence-corrected chi connectivity index (χ3v) is 6.38. The Morgan fingerprint density at radius 1 is 1.18 bits per heavy atom. The van der Waals surface area contributed by atoms with Crippen LogP contribution in [0.15, 0.2) is 60.2 Å². The summed E-state index contributed by atoms with van der Waals surface area (Å²) in [6.45, 7) is 5.80. The number of hydrogen-bond acceptors (Lipinski definition) is 8. The second-order valence-corrected chi connectivity index (χ2v) is 9.18. The average Bonchev–Trinajstić information content (AvgIpc) is 3.37. The number of epoxide rings is 1. The Kier molecular flexibility index (Phi) is 5.87. The minimum Gasteiger partial charge on any atom is -0.452 e. The summed E-state index contributed by atoms with van der Waals surface area (Å²) < 4.78 is 30.2. The van der Waals surface area contributed by atoms with Crippen LogP contribution < -0.4 is 15.7 Å². The maximum absolute atomic E-state index is 15.1. The van der Waals surface area contributed by atoms with Gasteiger partial charge in [0.15, 0.2) is 29.2 Å². The molecule has 1 saturated heterocycles. The third kappa shape index (κ3) is 4.18. The lowest BCUT2D eigenvalue weighted by Gasteiger charge is -2.12. The van der Waals surface area contributed by atoms with Crippen LogP contribution in [0.2, 0.25) is 0 Å². The molecule has 1 fully saturated rings. The molecular formula is C26H25FN8O3. The second-order valence-electron chi connectivity index (χ2n) is 9.18. The van der Waals surface area contributed by atoms with Gasteiger partial charge < -0.3 is 14.8 Å². The van der Waals surface area contributed by atoms with Crippen molar-refractivity contribution in [2.75, 3.05) is 5.32 Å². The summed E-state index contributed by atoms with van der Waals surface area (Å²) >= 11 is 0. The number of ether oxygens (including phenoxy) is 2. The highest BCUT2D eigenvalue weighted by molar-refractivity contribution is 5.78. The molecule has 5 heterocycles. The highest BCUT2D eigenvalue weighted by Gasteiger charge is 2.43. The number of H-pyrrole nitrogens is 1. The predicted molar refractivity (Wildman–Crippen MR) is 137 cm³/mol. The van der Waals surface area contributed by atoms with Crippen LogP contribution in [0.5, 0.6) is 11.5 Å². The Bertz CT molecular complexity index is 1680. The van der Waals surface area contributed by atoms with E-state index in [0.717, 1.165) is 23.4 Å². The Morgan fingerprint density at radius 3 is 2.74 bits per heavy atom. The van der Waals surface area contributed by atoms with Crippen LogP contribution in [-0.4, -0.2) is 40.5 Å². The van der Waals surface area contributed by atoms with Gasteiger partial charge in [-0.3, -0.25) is 9.55 Å². The van der Waals surface area contributed by atoms with Gasteiger partial charge in [0.25, 0.3) is 0 Å². The summed E-state index contributed by atoms with van der Waals surface area (Å²) in [6.07, 6.45) is 8.37. The summed E-state index contributed by atoms with van der Waals surface area (Å²) in [7, 11) is 0. The van der Waals surface area contributed by atoms with Gasteiger partial charge in [-0.05, 0) is 32.4 Å². The van der Waals surface area contributed by atoms with Gasteiger partial charge in [0.05, 0.1) is 24.3 Å². The summed E-state index contributed by atoms with van der Waals surface area (Å²) in [6, 6.07) is 6.08. The highest BCUT2D eigenvalue weighted by Crippen LogP contribution is 2.41. The number of imidazole rings is 1. The number of anilines is 1. The lowest BCUT2D eigenvalue weighted by atomic mass is 10.1. The van der Waals surface area contributed by atoms with Crippen molar-refractivity contribution in [2.24, 2.45) is 0 Å². The standard InChI is InChI=1S/C26H25FN8O3/c1-4-19-17(12-31-35(19)16-10-28-13-29-11-16)23-25(38-23)32-15-5-6-20(18(27)9-15)37-21-7-8-30-24-22(21)34(14(2)3)26(36)33-24/h5-14,23,25,32H,4H2,1-3H3,(H,30,33,36). The molecule has 11 nitrogen and oxygen atoms in total. The van der Waals surface area contributed by atoms with Gasteiger partial charge in [-0.1, -0.05) is 6.92 Å². The van der Waals surface area contributed by atoms with Crippen LogP contribution in [0.25, 0.3) is 16.9 Å². The Balaban J connectivity index is 1.19. The van der Waals surface area contributed by atoms with Crippen molar-refractivity contribution in [1.82, 2.24) is 34.3 Å². The van der Waals surface area contributed by atoms with Gasteiger partial charge >= 0.3 is 5.69 Å². The second kappa shape index (κ2) is 9.38. The monoisotopic (exact) mass is 516 g/mol. The van der Waals surface area contributed by atoms with Crippen molar-refractivity contribution in [3.05, 3.63) is 82.9 Å². The largest absolute Gasteiger partial charge is 0.452 e. The normalized spacial score (nSPS) is 16.8. The lowest BCUT2D eigenvalue weighted by molar-refractivity contribution is 0.385. The molecule has 6 rings (SSSR count). The third-order valence-electron chi connectivity index (χ3n) is 6.38. The SMILES string of the molecule is CCc1c(C2OC2Nc2ccc(Oc3ccnc4[nH]c(=O)n(C(C)C)c34)c(F)c2)cnn1-c1cncnc1. The quantitative estimate of drug-likeness (QED) is 0.293. The smallest absolute Gasteiger partial charge is 0.328 e. The Labute approximate surface area is 216 Å². The number of rotatable bonds is 8. The molecule has 0 bridgehead atoms. The zero-order valence-corrected chi connectivity index (χ0v) is 20.9. The molecule has 4 aromatic heterocycles. The van der Waals surface area contributed by atoms with Crippen molar-refractivity contribution in [2.45, 2.75) is 45.6 Å². The van der Waals surface area contributed by atoms with Crippen molar-refractivity contribution in [3.8, 4) is 17.2 Å². The maximum atomic E-state index is 15.1. The molecular weight excluding hydrogens is 491 g/mol. The van der Waals surface area contributed by atoms with E-state index < -0.39 is 5.82 Å². The molecule has 1 aromatic carbocycles. The summed E-state index contributed by atoms with van der Waals surface area (Å²) in [4.78, 5) is 27.4. The number of hydrogen-bond donors (Lipinski definition) is 2. The molecule has 0 spiro atoms. The van der Waals surface area contributed by atoms with Crippen molar-refractivity contribution >= 4 is 16.9 Å². The number of aromatic nitrogens is 7. The molecule has 1 aliphatic heterocycles. The summed E-state index contributed by atoms with van der Waals surface area (Å²) in [5, 5.41) is 7.70. The number of pyridine rings is 1. The molecule has 1 aliphatic rings. The van der Waals surface area contributed by atoms with Gasteiger partial charge in [0.2, 0.25) is 0 Å².